The van der Waals surface area contributed by atoms with Crippen LogP contribution in [0.2, 0.25) is 0 Å². The highest BCUT2D eigenvalue weighted by molar-refractivity contribution is 8.03. The number of thioether (sulfide) groups is 2. The maximum Gasteiger partial charge on any atom is 0.213 e. The molecule has 0 spiro atoms. The van der Waals surface area contributed by atoms with Crippen LogP contribution in [-0.2, 0) is 5.75 Å². The van der Waals surface area contributed by atoms with Crippen LogP contribution in [-0.4, -0.2) is 10.1 Å². The third-order valence-corrected chi connectivity index (χ3v) is 3.37. The second-order valence-corrected chi connectivity index (χ2v) is 4.71. The summed E-state index contributed by atoms with van der Waals surface area (Å²) in [5.74, 6) is 1.36. The van der Waals surface area contributed by atoms with E-state index >= 15 is 0 Å². The molecule has 0 saturated carbocycles. The first kappa shape index (κ1) is 11.0. The molecule has 2 rings (SSSR count). The summed E-state index contributed by atoms with van der Waals surface area (Å²) in [5.41, 5.74) is 0. The average Bonchev–Trinajstić information content (AvgIpc) is 2.82. The van der Waals surface area contributed by atoms with Gasteiger partial charge in [-0.1, -0.05) is 5.16 Å². The number of hydrogen-bond donors (Lipinski definition) is 0. The Bertz CT molecular complexity index is 476. The minimum absolute atomic E-state index is 0.681. The van der Waals surface area contributed by atoms with Gasteiger partial charge in [0.25, 0.3) is 0 Å². The Kier molecular flexibility index (Phi) is 3.86. The predicted octanol–water partition coefficient (Wildman–Crippen LogP) is 2.94. The van der Waals surface area contributed by atoms with Gasteiger partial charge in [-0.15, -0.1) is 11.8 Å². The highest BCUT2D eigenvalue weighted by atomic mass is 32.2. The summed E-state index contributed by atoms with van der Waals surface area (Å²) in [5, 5.41) is 14.3. The van der Waals surface area contributed by atoms with Crippen molar-refractivity contribution in [3.63, 3.8) is 0 Å². The molecule has 0 unspecified atom stereocenters. The van der Waals surface area contributed by atoms with Gasteiger partial charge in [-0.05, 0) is 36.0 Å². The third kappa shape index (κ3) is 3.02. The lowest BCUT2D eigenvalue weighted by molar-refractivity contribution is 0.412. The SMILES string of the molecule is N#CSc1ccc(SCc2ncon2)cc1. The minimum Gasteiger partial charge on any atom is -0.343 e. The Morgan fingerprint density at radius 2 is 2.00 bits per heavy atom. The number of aromatic nitrogens is 2. The van der Waals surface area contributed by atoms with Gasteiger partial charge in [0.2, 0.25) is 6.39 Å². The first-order valence-electron chi connectivity index (χ1n) is 4.42. The largest absolute Gasteiger partial charge is 0.343 e. The quantitative estimate of drug-likeness (QED) is 0.613. The lowest BCUT2D eigenvalue weighted by atomic mass is 10.4. The molecule has 1 aromatic carbocycles. The Labute approximate surface area is 101 Å². The summed E-state index contributed by atoms with van der Waals surface area (Å²) in [6.45, 7) is 0. The molecular weight excluding hydrogens is 242 g/mol. The van der Waals surface area contributed by atoms with Crippen molar-refractivity contribution < 1.29 is 4.52 Å². The molecule has 16 heavy (non-hydrogen) atoms. The topological polar surface area (TPSA) is 62.7 Å². The highest BCUT2D eigenvalue weighted by Gasteiger charge is 2.00. The molecule has 2 aromatic rings. The van der Waals surface area contributed by atoms with Crippen molar-refractivity contribution in [2.45, 2.75) is 15.5 Å². The highest BCUT2D eigenvalue weighted by Crippen LogP contribution is 2.24. The van der Waals surface area contributed by atoms with Gasteiger partial charge in [-0.2, -0.15) is 10.2 Å². The van der Waals surface area contributed by atoms with Gasteiger partial charge in [-0.3, -0.25) is 0 Å². The van der Waals surface area contributed by atoms with E-state index < -0.39 is 0 Å². The molecule has 0 atom stereocenters. The fourth-order valence-electron chi connectivity index (χ4n) is 1.06. The minimum atomic E-state index is 0.681. The monoisotopic (exact) mass is 249 g/mol. The zero-order chi connectivity index (χ0) is 11.2. The van der Waals surface area contributed by atoms with E-state index in [1.54, 1.807) is 11.8 Å². The van der Waals surface area contributed by atoms with Gasteiger partial charge in [0.1, 0.15) is 5.40 Å². The maximum atomic E-state index is 8.50. The molecular formula is C10H7N3OS2. The Morgan fingerprint density at radius 3 is 2.62 bits per heavy atom. The van der Waals surface area contributed by atoms with Crippen LogP contribution in [0.25, 0.3) is 0 Å². The second kappa shape index (κ2) is 5.58. The smallest absolute Gasteiger partial charge is 0.213 e. The zero-order valence-corrected chi connectivity index (χ0v) is 9.79. The number of rotatable bonds is 4. The maximum absolute atomic E-state index is 8.50. The molecule has 0 fully saturated rings. The van der Waals surface area contributed by atoms with Crippen molar-refractivity contribution in [1.29, 1.82) is 5.26 Å². The Morgan fingerprint density at radius 1 is 1.25 bits per heavy atom. The van der Waals surface area contributed by atoms with Gasteiger partial charge < -0.3 is 4.52 Å². The second-order valence-electron chi connectivity index (χ2n) is 2.80. The molecule has 0 N–H and O–H groups in total. The molecule has 1 aromatic heterocycles. The molecule has 0 aliphatic rings. The van der Waals surface area contributed by atoms with E-state index in [0.29, 0.717) is 11.6 Å². The normalized spacial score (nSPS) is 9.94. The fraction of sp³-hybridized carbons (Fsp3) is 0.100. The van der Waals surface area contributed by atoms with E-state index in [4.69, 9.17) is 5.26 Å². The van der Waals surface area contributed by atoms with Crippen molar-refractivity contribution >= 4 is 23.5 Å². The van der Waals surface area contributed by atoms with Gasteiger partial charge in [0, 0.05) is 9.79 Å². The predicted molar refractivity (Wildman–Crippen MR) is 61.8 cm³/mol. The van der Waals surface area contributed by atoms with E-state index in [1.165, 1.54) is 6.39 Å². The molecule has 0 saturated heterocycles. The van der Waals surface area contributed by atoms with Gasteiger partial charge >= 0.3 is 0 Å². The average molecular weight is 249 g/mol. The zero-order valence-electron chi connectivity index (χ0n) is 8.16. The molecule has 0 aliphatic heterocycles. The molecule has 0 bridgehead atoms. The van der Waals surface area contributed by atoms with Crippen molar-refractivity contribution in [1.82, 2.24) is 10.1 Å². The van der Waals surface area contributed by atoms with E-state index in [9.17, 15) is 0 Å². The van der Waals surface area contributed by atoms with E-state index in [-0.39, 0.29) is 0 Å². The van der Waals surface area contributed by atoms with E-state index in [1.807, 2.05) is 29.7 Å². The van der Waals surface area contributed by atoms with Gasteiger partial charge in [0.15, 0.2) is 5.82 Å². The van der Waals surface area contributed by atoms with Crippen LogP contribution in [0.5, 0.6) is 0 Å². The van der Waals surface area contributed by atoms with Crippen LogP contribution >= 0.6 is 23.5 Å². The number of nitriles is 1. The standard InChI is InChI=1S/C10H7N3OS2/c11-6-16-9-3-1-8(2-4-9)15-5-10-12-7-14-13-10/h1-4,7H,5H2. The summed E-state index contributed by atoms with van der Waals surface area (Å²) in [6, 6.07) is 7.80. The molecule has 0 radical (unpaired) electrons. The molecule has 6 heteroatoms. The first-order chi connectivity index (χ1) is 7.88. The first-order valence-corrected chi connectivity index (χ1v) is 6.23. The van der Waals surface area contributed by atoms with Crippen LogP contribution in [0.3, 0.4) is 0 Å². The van der Waals surface area contributed by atoms with Crippen molar-refractivity contribution in [3.8, 4) is 5.40 Å². The molecule has 0 aliphatic carbocycles. The van der Waals surface area contributed by atoms with E-state index in [2.05, 4.69) is 14.7 Å². The van der Waals surface area contributed by atoms with E-state index in [0.717, 1.165) is 21.6 Å². The van der Waals surface area contributed by atoms with Crippen LogP contribution in [0.15, 0.2) is 45.0 Å². The molecule has 0 amide bonds. The van der Waals surface area contributed by atoms with Crippen molar-refractivity contribution in [2.75, 3.05) is 0 Å². The number of nitrogens with zero attached hydrogens (tertiary/aromatic N) is 3. The van der Waals surface area contributed by atoms with Crippen molar-refractivity contribution in [3.05, 3.63) is 36.5 Å². The van der Waals surface area contributed by atoms with Crippen LogP contribution < -0.4 is 0 Å². The van der Waals surface area contributed by atoms with Gasteiger partial charge in [0.05, 0.1) is 5.75 Å². The molecule has 1 heterocycles. The van der Waals surface area contributed by atoms with Gasteiger partial charge in [-0.25, -0.2) is 0 Å². The lowest BCUT2D eigenvalue weighted by Crippen LogP contribution is -1.82. The van der Waals surface area contributed by atoms with Crippen LogP contribution in [0.1, 0.15) is 5.82 Å². The summed E-state index contributed by atoms with van der Waals surface area (Å²) < 4.78 is 4.64. The third-order valence-electron chi connectivity index (χ3n) is 1.76. The summed E-state index contributed by atoms with van der Waals surface area (Å²) >= 11 is 2.78. The Hall–Kier alpha value is -1.45. The summed E-state index contributed by atoms with van der Waals surface area (Å²) in [6.07, 6.45) is 1.32. The van der Waals surface area contributed by atoms with Crippen LogP contribution in [0.4, 0.5) is 0 Å². The summed E-state index contributed by atoms with van der Waals surface area (Å²) in [7, 11) is 0. The van der Waals surface area contributed by atoms with Crippen LogP contribution in [0, 0.1) is 10.7 Å². The number of benzene rings is 1. The number of hydrogen-bond acceptors (Lipinski definition) is 6. The lowest BCUT2D eigenvalue weighted by Gasteiger charge is -1.99. The Balaban J connectivity index is 1.93. The van der Waals surface area contributed by atoms with Crippen molar-refractivity contribution in [2.24, 2.45) is 0 Å². The molecule has 80 valence electrons. The summed E-state index contributed by atoms with van der Waals surface area (Å²) in [4.78, 5) is 6.00. The number of thiocyanates is 1. The fourth-order valence-corrected chi connectivity index (χ4v) is 2.19. The molecule has 4 nitrogen and oxygen atoms in total.